The average Bonchev–Trinajstić information content (AvgIpc) is 3.28. The molecule has 1 fully saturated rings. The number of hydrogen-bond donors (Lipinski definition) is 1. The largest absolute Gasteiger partial charge is 0.459 e. The minimum atomic E-state index is -0.109. The number of carbonyl (C=O) groups excluding carboxylic acids is 2. The summed E-state index contributed by atoms with van der Waals surface area (Å²) in [5, 5.41) is 3.47. The summed E-state index contributed by atoms with van der Waals surface area (Å²) >= 11 is 0. The zero-order valence-electron chi connectivity index (χ0n) is 16.7. The molecule has 6 nitrogen and oxygen atoms in total. The molecular formula is C22H29N3O3. The third-order valence-corrected chi connectivity index (χ3v) is 5.29. The van der Waals surface area contributed by atoms with Crippen molar-refractivity contribution in [3.8, 4) is 0 Å². The molecule has 1 aromatic heterocycles. The Kier molecular flexibility index (Phi) is 6.74. The van der Waals surface area contributed by atoms with Crippen LogP contribution in [0.2, 0.25) is 0 Å². The van der Waals surface area contributed by atoms with E-state index in [9.17, 15) is 9.59 Å². The standard InChI is InChI=1S/C22H29N3O3/c1-3-17-7-5-8-18(4-2)21(17)23-11-10-20(26)24-12-14-25(15-13-24)22(27)19-9-6-16-28-19/h5-9,16,23H,3-4,10-15H2,1-2H3. The van der Waals surface area contributed by atoms with Crippen LogP contribution in [-0.4, -0.2) is 54.3 Å². The van der Waals surface area contributed by atoms with Crippen LogP contribution in [0.3, 0.4) is 0 Å². The van der Waals surface area contributed by atoms with E-state index in [4.69, 9.17) is 4.42 Å². The number of furan rings is 1. The summed E-state index contributed by atoms with van der Waals surface area (Å²) < 4.78 is 5.18. The van der Waals surface area contributed by atoms with Crippen molar-refractivity contribution in [3.05, 3.63) is 53.5 Å². The topological polar surface area (TPSA) is 65.8 Å². The van der Waals surface area contributed by atoms with Gasteiger partial charge in [-0.2, -0.15) is 0 Å². The fourth-order valence-corrected chi connectivity index (χ4v) is 3.64. The van der Waals surface area contributed by atoms with Gasteiger partial charge >= 0.3 is 0 Å². The van der Waals surface area contributed by atoms with E-state index >= 15 is 0 Å². The maximum absolute atomic E-state index is 12.6. The molecule has 0 atom stereocenters. The van der Waals surface area contributed by atoms with Gasteiger partial charge in [0.05, 0.1) is 6.26 Å². The zero-order chi connectivity index (χ0) is 19.9. The lowest BCUT2D eigenvalue weighted by molar-refractivity contribution is -0.132. The molecule has 0 bridgehead atoms. The van der Waals surface area contributed by atoms with Crippen LogP contribution in [0.25, 0.3) is 0 Å². The van der Waals surface area contributed by atoms with Crippen molar-refractivity contribution in [1.29, 1.82) is 0 Å². The first kappa shape index (κ1) is 20.0. The lowest BCUT2D eigenvalue weighted by atomic mass is 10.0. The Bertz CT molecular complexity index is 771. The molecule has 0 spiro atoms. The molecule has 1 aromatic carbocycles. The van der Waals surface area contributed by atoms with Crippen molar-refractivity contribution in [2.24, 2.45) is 0 Å². The number of nitrogens with zero attached hydrogens (tertiary/aromatic N) is 2. The monoisotopic (exact) mass is 383 g/mol. The van der Waals surface area contributed by atoms with Gasteiger partial charge in [-0.3, -0.25) is 9.59 Å². The van der Waals surface area contributed by atoms with Crippen LogP contribution in [0.1, 0.15) is 41.9 Å². The average molecular weight is 383 g/mol. The summed E-state index contributed by atoms with van der Waals surface area (Å²) in [6.07, 6.45) is 3.89. The van der Waals surface area contributed by atoms with E-state index in [-0.39, 0.29) is 11.8 Å². The minimum absolute atomic E-state index is 0.109. The molecule has 2 aromatic rings. The SMILES string of the molecule is CCc1cccc(CC)c1NCCC(=O)N1CCN(C(=O)c2ccco2)CC1. The number of carbonyl (C=O) groups is 2. The Morgan fingerprint density at radius 1 is 0.964 bits per heavy atom. The zero-order valence-corrected chi connectivity index (χ0v) is 16.7. The molecule has 1 saturated heterocycles. The highest BCUT2D eigenvalue weighted by atomic mass is 16.3. The molecule has 3 rings (SSSR count). The van der Waals surface area contributed by atoms with Gasteiger partial charge in [-0.25, -0.2) is 0 Å². The second-order valence-electron chi connectivity index (χ2n) is 6.99. The van der Waals surface area contributed by atoms with Gasteiger partial charge in [-0.1, -0.05) is 32.0 Å². The number of para-hydroxylation sites is 1. The molecule has 2 amide bonds. The second-order valence-corrected chi connectivity index (χ2v) is 6.99. The molecule has 0 aliphatic carbocycles. The number of amides is 2. The molecule has 0 radical (unpaired) electrons. The molecular weight excluding hydrogens is 354 g/mol. The van der Waals surface area contributed by atoms with Crippen LogP contribution in [0.5, 0.6) is 0 Å². The molecule has 28 heavy (non-hydrogen) atoms. The van der Waals surface area contributed by atoms with Gasteiger partial charge in [0.15, 0.2) is 5.76 Å². The van der Waals surface area contributed by atoms with Crippen molar-refractivity contribution >= 4 is 17.5 Å². The highest BCUT2D eigenvalue weighted by Gasteiger charge is 2.25. The van der Waals surface area contributed by atoms with Crippen LogP contribution in [0.15, 0.2) is 41.0 Å². The van der Waals surface area contributed by atoms with Gasteiger partial charge in [0.1, 0.15) is 0 Å². The summed E-state index contributed by atoms with van der Waals surface area (Å²) in [6.45, 7) is 7.13. The normalized spacial score (nSPS) is 14.2. The van der Waals surface area contributed by atoms with E-state index in [0.29, 0.717) is 44.9 Å². The van der Waals surface area contributed by atoms with Crippen molar-refractivity contribution in [1.82, 2.24) is 9.80 Å². The van der Waals surface area contributed by atoms with Gasteiger partial charge in [0.25, 0.3) is 5.91 Å². The van der Waals surface area contributed by atoms with Crippen molar-refractivity contribution in [3.63, 3.8) is 0 Å². The van der Waals surface area contributed by atoms with Crippen LogP contribution in [-0.2, 0) is 17.6 Å². The van der Waals surface area contributed by atoms with E-state index in [0.717, 1.165) is 12.8 Å². The highest BCUT2D eigenvalue weighted by molar-refractivity contribution is 5.91. The van der Waals surface area contributed by atoms with E-state index in [2.05, 4.69) is 37.4 Å². The number of hydrogen-bond acceptors (Lipinski definition) is 4. The first-order valence-electron chi connectivity index (χ1n) is 10.1. The van der Waals surface area contributed by atoms with Gasteiger partial charge < -0.3 is 19.5 Å². The molecule has 6 heteroatoms. The maximum atomic E-state index is 12.6. The van der Waals surface area contributed by atoms with Crippen LogP contribution in [0, 0.1) is 0 Å². The fourth-order valence-electron chi connectivity index (χ4n) is 3.64. The fraction of sp³-hybridized carbons (Fsp3) is 0.455. The predicted molar refractivity (Wildman–Crippen MR) is 109 cm³/mol. The van der Waals surface area contributed by atoms with Crippen LogP contribution in [0.4, 0.5) is 5.69 Å². The second kappa shape index (κ2) is 9.44. The maximum Gasteiger partial charge on any atom is 0.289 e. The third-order valence-electron chi connectivity index (χ3n) is 5.29. The van der Waals surface area contributed by atoms with Gasteiger partial charge in [0.2, 0.25) is 5.91 Å². The number of piperazine rings is 1. The van der Waals surface area contributed by atoms with Crippen molar-refractivity contribution < 1.29 is 14.0 Å². The molecule has 1 N–H and O–H groups in total. The van der Waals surface area contributed by atoms with Gasteiger partial charge in [0, 0.05) is 44.8 Å². The molecule has 0 unspecified atom stereocenters. The summed E-state index contributed by atoms with van der Waals surface area (Å²) in [4.78, 5) is 28.5. The van der Waals surface area contributed by atoms with E-state index in [1.807, 2.05) is 4.90 Å². The van der Waals surface area contributed by atoms with E-state index in [1.54, 1.807) is 17.0 Å². The van der Waals surface area contributed by atoms with Gasteiger partial charge in [-0.05, 0) is 36.1 Å². The molecule has 1 aliphatic heterocycles. The number of rotatable bonds is 7. The Balaban J connectivity index is 1.47. The smallest absolute Gasteiger partial charge is 0.289 e. The lowest BCUT2D eigenvalue weighted by Gasteiger charge is -2.34. The first-order chi connectivity index (χ1) is 13.6. The Labute approximate surface area is 166 Å². The lowest BCUT2D eigenvalue weighted by Crippen LogP contribution is -2.50. The van der Waals surface area contributed by atoms with Crippen molar-refractivity contribution in [2.45, 2.75) is 33.1 Å². The first-order valence-corrected chi connectivity index (χ1v) is 10.1. The number of benzene rings is 1. The number of aryl methyl sites for hydroxylation is 2. The van der Waals surface area contributed by atoms with Crippen LogP contribution < -0.4 is 5.32 Å². The quantitative estimate of drug-likeness (QED) is 0.797. The summed E-state index contributed by atoms with van der Waals surface area (Å²) in [5.41, 5.74) is 3.75. The minimum Gasteiger partial charge on any atom is -0.459 e. The molecule has 2 heterocycles. The number of anilines is 1. The molecule has 1 aliphatic rings. The Hall–Kier alpha value is -2.76. The third kappa shape index (κ3) is 4.55. The van der Waals surface area contributed by atoms with E-state index in [1.165, 1.54) is 23.1 Å². The summed E-state index contributed by atoms with van der Waals surface area (Å²) in [6, 6.07) is 9.75. The molecule has 0 saturated carbocycles. The van der Waals surface area contributed by atoms with E-state index < -0.39 is 0 Å². The predicted octanol–water partition coefficient (Wildman–Crippen LogP) is 3.19. The molecule has 150 valence electrons. The van der Waals surface area contributed by atoms with Gasteiger partial charge in [-0.15, -0.1) is 0 Å². The summed E-state index contributed by atoms with van der Waals surface area (Å²) in [7, 11) is 0. The highest BCUT2D eigenvalue weighted by Crippen LogP contribution is 2.22. The summed E-state index contributed by atoms with van der Waals surface area (Å²) in [5.74, 6) is 0.372. The van der Waals surface area contributed by atoms with Crippen LogP contribution >= 0.6 is 0 Å². The van der Waals surface area contributed by atoms with Crippen molar-refractivity contribution in [2.75, 3.05) is 38.0 Å². The Morgan fingerprint density at radius 3 is 2.18 bits per heavy atom. The Morgan fingerprint density at radius 2 is 1.61 bits per heavy atom. The number of nitrogens with one attached hydrogen (secondary N) is 1.